The van der Waals surface area contributed by atoms with Gasteiger partial charge < -0.3 is 30.6 Å². The van der Waals surface area contributed by atoms with E-state index in [4.69, 9.17) is 10.2 Å². The molecule has 1 aromatic heterocycles. The van der Waals surface area contributed by atoms with E-state index < -0.39 is 37.6 Å². The van der Waals surface area contributed by atoms with E-state index in [1.807, 2.05) is 0 Å². The topological polar surface area (TPSA) is 147 Å². The van der Waals surface area contributed by atoms with Crippen LogP contribution in [0.4, 0.5) is 0 Å². The van der Waals surface area contributed by atoms with E-state index in [0.29, 0.717) is 11.4 Å². The Balaban J connectivity index is 2.66. The first-order valence-electron chi connectivity index (χ1n) is 6.21. The normalized spacial score (nSPS) is 17.5. The summed E-state index contributed by atoms with van der Waals surface area (Å²) in [5, 5.41) is 55.1. The molecule has 6 N–H and O–H groups in total. The van der Waals surface area contributed by atoms with Crippen LogP contribution in [0, 0.1) is 0 Å². The second-order valence-electron chi connectivity index (χ2n) is 4.54. The number of aliphatic hydroxyl groups excluding tert-OH is 6. The standard InChI is InChI=1S/C12H20N2O6/c15-5-11(19)9(17)1-7-3-13-4-8(14-7)2-10(18)12(20)6-16/h3-4,9-12,15-20H,1-2,5-6H2. The minimum absolute atomic E-state index is 0.00121. The van der Waals surface area contributed by atoms with Crippen LogP contribution in [0.3, 0.4) is 0 Å². The van der Waals surface area contributed by atoms with Crippen molar-refractivity contribution in [3.8, 4) is 0 Å². The van der Waals surface area contributed by atoms with Crippen molar-refractivity contribution < 1.29 is 30.6 Å². The smallest absolute Gasteiger partial charge is 0.103 e. The highest BCUT2D eigenvalue weighted by Crippen LogP contribution is 2.07. The Morgan fingerprint density at radius 1 is 0.750 bits per heavy atom. The zero-order chi connectivity index (χ0) is 15.1. The molecule has 1 aromatic rings. The van der Waals surface area contributed by atoms with Crippen molar-refractivity contribution in [2.24, 2.45) is 0 Å². The number of rotatable bonds is 8. The van der Waals surface area contributed by atoms with Gasteiger partial charge in [0.05, 0.1) is 36.8 Å². The maximum absolute atomic E-state index is 9.57. The molecule has 0 fully saturated rings. The van der Waals surface area contributed by atoms with Gasteiger partial charge in [-0.1, -0.05) is 0 Å². The molecule has 4 unspecified atom stereocenters. The third kappa shape index (κ3) is 5.08. The van der Waals surface area contributed by atoms with Crippen LogP contribution in [-0.4, -0.2) is 78.2 Å². The molecule has 0 aliphatic rings. The molecular formula is C12H20N2O6. The molecule has 8 heteroatoms. The lowest BCUT2D eigenvalue weighted by atomic mass is 10.1. The predicted octanol–water partition coefficient (Wildman–Crippen LogP) is -3.01. The molecular weight excluding hydrogens is 268 g/mol. The van der Waals surface area contributed by atoms with Gasteiger partial charge in [0, 0.05) is 25.2 Å². The second-order valence-corrected chi connectivity index (χ2v) is 4.54. The maximum atomic E-state index is 9.57. The highest BCUT2D eigenvalue weighted by Gasteiger charge is 2.19. The van der Waals surface area contributed by atoms with Crippen molar-refractivity contribution in [1.29, 1.82) is 0 Å². The summed E-state index contributed by atoms with van der Waals surface area (Å²) in [4.78, 5) is 8.01. The van der Waals surface area contributed by atoms with Crippen LogP contribution >= 0.6 is 0 Å². The highest BCUT2D eigenvalue weighted by molar-refractivity contribution is 5.06. The summed E-state index contributed by atoms with van der Waals surface area (Å²) < 4.78 is 0. The molecule has 0 amide bonds. The van der Waals surface area contributed by atoms with Gasteiger partial charge in [-0.2, -0.15) is 0 Å². The highest BCUT2D eigenvalue weighted by atomic mass is 16.4. The number of hydrogen-bond acceptors (Lipinski definition) is 8. The average Bonchev–Trinajstić information content (AvgIpc) is 2.45. The molecule has 1 rings (SSSR count). The summed E-state index contributed by atoms with van der Waals surface area (Å²) in [5.74, 6) is 0. The summed E-state index contributed by atoms with van der Waals surface area (Å²) in [6, 6.07) is 0. The van der Waals surface area contributed by atoms with Crippen LogP contribution in [0.15, 0.2) is 12.4 Å². The van der Waals surface area contributed by atoms with Gasteiger partial charge in [0.2, 0.25) is 0 Å². The van der Waals surface area contributed by atoms with Crippen LogP contribution in [-0.2, 0) is 12.8 Å². The largest absolute Gasteiger partial charge is 0.394 e. The third-order valence-electron chi connectivity index (χ3n) is 2.83. The van der Waals surface area contributed by atoms with Crippen LogP contribution < -0.4 is 0 Å². The van der Waals surface area contributed by atoms with Gasteiger partial charge in [0.1, 0.15) is 12.2 Å². The van der Waals surface area contributed by atoms with Crippen LogP contribution in [0.25, 0.3) is 0 Å². The second kappa shape index (κ2) is 8.20. The quantitative estimate of drug-likeness (QED) is 0.296. The Morgan fingerprint density at radius 3 is 1.50 bits per heavy atom. The van der Waals surface area contributed by atoms with Gasteiger partial charge in [0.25, 0.3) is 0 Å². The number of nitrogens with zero attached hydrogens (tertiary/aromatic N) is 2. The van der Waals surface area contributed by atoms with Crippen molar-refractivity contribution in [1.82, 2.24) is 9.97 Å². The lowest BCUT2D eigenvalue weighted by Gasteiger charge is -2.16. The fraction of sp³-hybridized carbons (Fsp3) is 0.667. The first kappa shape index (κ1) is 16.9. The third-order valence-corrected chi connectivity index (χ3v) is 2.83. The molecule has 1 heterocycles. The minimum Gasteiger partial charge on any atom is -0.394 e. The summed E-state index contributed by atoms with van der Waals surface area (Å²) >= 11 is 0. The first-order chi connectivity index (χ1) is 9.47. The molecule has 0 aliphatic carbocycles. The summed E-state index contributed by atoms with van der Waals surface area (Å²) in [6.45, 7) is -1.12. The number of aromatic nitrogens is 2. The minimum atomic E-state index is -1.26. The first-order valence-corrected chi connectivity index (χ1v) is 6.21. The van der Waals surface area contributed by atoms with E-state index in [0.717, 1.165) is 0 Å². The van der Waals surface area contributed by atoms with Crippen LogP contribution in [0.5, 0.6) is 0 Å². The van der Waals surface area contributed by atoms with Gasteiger partial charge in [0.15, 0.2) is 0 Å². The fourth-order valence-corrected chi connectivity index (χ4v) is 1.59. The van der Waals surface area contributed by atoms with E-state index in [2.05, 4.69) is 9.97 Å². The summed E-state index contributed by atoms with van der Waals surface area (Å²) in [7, 11) is 0. The molecule has 0 saturated carbocycles. The summed E-state index contributed by atoms with van der Waals surface area (Å²) in [6.07, 6.45) is -2.07. The Bertz CT molecular complexity index is 372. The summed E-state index contributed by atoms with van der Waals surface area (Å²) in [5.41, 5.74) is 0.765. The Morgan fingerprint density at radius 2 is 1.15 bits per heavy atom. The monoisotopic (exact) mass is 288 g/mol. The van der Waals surface area contributed by atoms with Gasteiger partial charge in [-0.25, -0.2) is 0 Å². The van der Waals surface area contributed by atoms with Gasteiger partial charge in [-0.05, 0) is 0 Å². The van der Waals surface area contributed by atoms with Crippen LogP contribution in [0.2, 0.25) is 0 Å². The van der Waals surface area contributed by atoms with Crippen molar-refractivity contribution >= 4 is 0 Å². The zero-order valence-electron chi connectivity index (χ0n) is 10.9. The maximum Gasteiger partial charge on any atom is 0.103 e. The van der Waals surface area contributed by atoms with Crippen molar-refractivity contribution in [3.05, 3.63) is 23.8 Å². The molecule has 114 valence electrons. The molecule has 0 aliphatic heterocycles. The average molecular weight is 288 g/mol. The Labute approximate surface area is 116 Å². The van der Waals surface area contributed by atoms with Gasteiger partial charge in [-0.15, -0.1) is 0 Å². The molecule has 8 nitrogen and oxygen atoms in total. The van der Waals surface area contributed by atoms with E-state index in [1.165, 1.54) is 12.4 Å². The molecule has 4 atom stereocenters. The SMILES string of the molecule is OCC(O)C(O)Cc1cncc(CC(O)C(O)CO)n1. The zero-order valence-corrected chi connectivity index (χ0v) is 10.9. The molecule has 0 aromatic carbocycles. The Kier molecular flexibility index (Phi) is 6.93. The van der Waals surface area contributed by atoms with Crippen molar-refractivity contribution in [2.45, 2.75) is 37.3 Å². The lowest BCUT2D eigenvalue weighted by Crippen LogP contribution is -2.32. The molecule has 0 bridgehead atoms. The lowest BCUT2D eigenvalue weighted by molar-refractivity contribution is -0.0148. The van der Waals surface area contributed by atoms with Crippen molar-refractivity contribution in [2.75, 3.05) is 13.2 Å². The molecule has 0 saturated heterocycles. The molecule has 0 radical (unpaired) electrons. The van der Waals surface area contributed by atoms with Gasteiger partial charge in [-0.3, -0.25) is 9.97 Å². The molecule has 20 heavy (non-hydrogen) atoms. The van der Waals surface area contributed by atoms with Crippen molar-refractivity contribution in [3.63, 3.8) is 0 Å². The Hall–Kier alpha value is -1.16. The van der Waals surface area contributed by atoms with E-state index in [1.54, 1.807) is 0 Å². The fourth-order valence-electron chi connectivity index (χ4n) is 1.59. The van der Waals surface area contributed by atoms with Gasteiger partial charge >= 0.3 is 0 Å². The number of hydrogen-bond donors (Lipinski definition) is 6. The predicted molar refractivity (Wildman–Crippen MR) is 67.6 cm³/mol. The number of aliphatic hydroxyl groups is 6. The van der Waals surface area contributed by atoms with E-state index in [-0.39, 0.29) is 12.8 Å². The molecule has 0 spiro atoms. The van der Waals surface area contributed by atoms with E-state index in [9.17, 15) is 20.4 Å². The van der Waals surface area contributed by atoms with Crippen LogP contribution in [0.1, 0.15) is 11.4 Å². The van der Waals surface area contributed by atoms with E-state index >= 15 is 0 Å².